The van der Waals surface area contributed by atoms with Crippen LogP contribution in [0.5, 0.6) is 0 Å². The lowest BCUT2D eigenvalue weighted by atomic mass is 10.1. The molecule has 0 atom stereocenters. The maximum Gasteiger partial charge on any atom is 0.303 e. The van der Waals surface area contributed by atoms with Crippen LogP contribution in [-0.4, -0.2) is 44.5 Å². The number of halogens is 1. The van der Waals surface area contributed by atoms with E-state index in [9.17, 15) is 9.59 Å². The van der Waals surface area contributed by atoms with Gasteiger partial charge in [0.1, 0.15) is 0 Å². The van der Waals surface area contributed by atoms with Crippen LogP contribution in [0, 0.1) is 6.92 Å². The first-order chi connectivity index (χ1) is 12.5. The molecule has 4 rings (SSSR count). The van der Waals surface area contributed by atoms with Crippen molar-refractivity contribution in [1.82, 2.24) is 0 Å². The number of amides is 1. The summed E-state index contributed by atoms with van der Waals surface area (Å²) in [5, 5.41) is 0. The van der Waals surface area contributed by atoms with Crippen molar-refractivity contribution in [1.29, 1.82) is 0 Å². The minimum Gasteiger partial charge on any atom is -0.360 e. The molecule has 2 aliphatic rings. The molecule has 26 heavy (non-hydrogen) atoms. The van der Waals surface area contributed by atoms with Gasteiger partial charge in [-0.15, -0.1) is 0 Å². The van der Waals surface area contributed by atoms with Crippen LogP contribution in [0.4, 0.5) is 11.4 Å². The number of fused-ring (bicyclic) bond motifs is 1. The molecular weight excluding hydrogens is 394 g/mol. The molecule has 0 spiro atoms. The number of carbonyl (C=O) groups is 2. The standard InChI is InChI=1S/C20H20BrN3O2/c1-14-3-2-4-16(11-14)23-9-7-22(8-10-23)13-24-18-6-5-15(21)12-17(18)19(25)20(24)26/h2-6,11-12H,7-10,13H2,1H3/p+1. The smallest absolute Gasteiger partial charge is 0.303 e. The minimum absolute atomic E-state index is 0.404. The number of carbonyl (C=O) groups excluding carboxylic acids is 2. The van der Waals surface area contributed by atoms with Gasteiger partial charge < -0.3 is 9.80 Å². The van der Waals surface area contributed by atoms with Gasteiger partial charge in [-0.2, -0.15) is 0 Å². The molecule has 5 nitrogen and oxygen atoms in total. The summed E-state index contributed by atoms with van der Waals surface area (Å²) in [5.74, 6) is -0.814. The molecule has 0 radical (unpaired) electrons. The number of anilines is 2. The normalized spacial score (nSPS) is 17.8. The molecule has 2 aromatic carbocycles. The summed E-state index contributed by atoms with van der Waals surface area (Å²) in [5.41, 5.74) is 3.76. The maximum absolute atomic E-state index is 12.4. The van der Waals surface area contributed by atoms with E-state index >= 15 is 0 Å². The zero-order valence-corrected chi connectivity index (χ0v) is 16.3. The van der Waals surface area contributed by atoms with Gasteiger partial charge in [0.05, 0.1) is 37.4 Å². The Bertz CT molecular complexity index is 875. The fourth-order valence-electron chi connectivity index (χ4n) is 3.72. The van der Waals surface area contributed by atoms with Crippen molar-refractivity contribution in [2.24, 2.45) is 0 Å². The van der Waals surface area contributed by atoms with Crippen LogP contribution in [0.15, 0.2) is 46.9 Å². The van der Waals surface area contributed by atoms with E-state index in [-0.39, 0.29) is 0 Å². The van der Waals surface area contributed by atoms with Crippen LogP contribution in [0.3, 0.4) is 0 Å². The fraction of sp³-hybridized carbons (Fsp3) is 0.300. The van der Waals surface area contributed by atoms with Gasteiger partial charge in [0.2, 0.25) is 0 Å². The zero-order chi connectivity index (χ0) is 18.3. The van der Waals surface area contributed by atoms with Crippen molar-refractivity contribution in [2.75, 3.05) is 42.6 Å². The van der Waals surface area contributed by atoms with Crippen LogP contribution >= 0.6 is 15.9 Å². The number of hydrogen-bond donors (Lipinski definition) is 1. The van der Waals surface area contributed by atoms with Gasteiger partial charge in [-0.1, -0.05) is 28.1 Å². The molecule has 1 amide bonds. The Morgan fingerprint density at radius 2 is 1.85 bits per heavy atom. The number of ketones is 1. The number of piperazine rings is 1. The SMILES string of the molecule is Cc1cccc(N2CC[NH+](CN3C(=O)C(=O)c4cc(Br)ccc43)CC2)c1. The molecule has 1 N–H and O–H groups in total. The van der Waals surface area contributed by atoms with Gasteiger partial charge in [-0.25, -0.2) is 0 Å². The van der Waals surface area contributed by atoms with E-state index in [0.29, 0.717) is 12.2 Å². The zero-order valence-electron chi connectivity index (χ0n) is 14.7. The van der Waals surface area contributed by atoms with Crippen molar-refractivity contribution in [3.05, 3.63) is 58.1 Å². The van der Waals surface area contributed by atoms with Crippen molar-refractivity contribution in [3.63, 3.8) is 0 Å². The number of hydrogen-bond acceptors (Lipinski definition) is 3. The molecule has 1 saturated heterocycles. The van der Waals surface area contributed by atoms with E-state index in [0.717, 1.165) is 36.3 Å². The topological polar surface area (TPSA) is 45.1 Å². The number of aryl methyl sites for hydroxylation is 1. The molecule has 1 fully saturated rings. The van der Waals surface area contributed by atoms with Crippen LogP contribution in [0.25, 0.3) is 0 Å². The molecule has 0 aromatic heterocycles. The summed E-state index contributed by atoms with van der Waals surface area (Å²) in [6.07, 6.45) is 0. The summed E-state index contributed by atoms with van der Waals surface area (Å²) in [4.78, 5) is 30.0. The first kappa shape index (κ1) is 17.2. The number of benzene rings is 2. The third-order valence-electron chi connectivity index (χ3n) is 5.15. The van der Waals surface area contributed by atoms with Crippen molar-refractivity contribution >= 4 is 39.0 Å². The van der Waals surface area contributed by atoms with Gasteiger partial charge in [-0.3, -0.25) is 14.5 Å². The molecule has 6 heteroatoms. The summed E-state index contributed by atoms with van der Waals surface area (Å²) < 4.78 is 0.818. The lowest BCUT2D eigenvalue weighted by Crippen LogP contribution is -3.16. The number of Topliss-reactive ketones (excluding diaryl/α,β-unsaturated/α-hetero) is 1. The second-order valence-corrected chi connectivity index (χ2v) is 7.87. The fourth-order valence-corrected chi connectivity index (χ4v) is 4.08. The van der Waals surface area contributed by atoms with Crippen molar-refractivity contribution in [3.8, 4) is 0 Å². The van der Waals surface area contributed by atoms with Gasteiger partial charge in [0.15, 0.2) is 6.67 Å². The summed E-state index contributed by atoms with van der Waals surface area (Å²) >= 11 is 3.37. The highest BCUT2D eigenvalue weighted by Gasteiger charge is 2.38. The molecule has 0 saturated carbocycles. The molecule has 0 aliphatic carbocycles. The predicted molar refractivity (Wildman–Crippen MR) is 105 cm³/mol. The monoisotopic (exact) mass is 414 g/mol. The van der Waals surface area contributed by atoms with Gasteiger partial charge in [0.25, 0.3) is 5.78 Å². The summed E-state index contributed by atoms with van der Waals surface area (Å²) in [7, 11) is 0. The molecule has 0 bridgehead atoms. The average molecular weight is 415 g/mol. The molecular formula is C20H21BrN3O2+. The Kier molecular flexibility index (Phi) is 4.54. The lowest BCUT2D eigenvalue weighted by molar-refractivity contribution is -0.899. The van der Waals surface area contributed by atoms with Crippen LogP contribution in [-0.2, 0) is 4.79 Å². The molecule has 0 unspecified atom stereocenters. The van der Waals surface area contributed by atoms with E-state index in [1.165, 1.54) is 16.2 Å². The quantitative estimate of drug-likeness (QED) is 0.776. The lowest BCUT2D eigenvalue weighted by Gasteiger charge is -2.35. The first-order valence-corrected chi connectivity index (χ1v) is 9.63. The highest BCUT2D eigenvalue weighted by atomic mass is 79.9. The molecule has 2 aliphatic heterocycles. The van der Waals surface area contributed by atoms with E-state index in [2.05, 4.69) is 52.0 Å². The van der Waals surface area contributed by atoms with E-state index in [4.69, 9.17) is 0 Å². The minimum atomic E-state index is -0.410. The predicted octanol–water partition coefficient (Wildman–Crippen LogP) is 1.65. The Labute approximate surface area is 161 Å². The number of nitrogens with one attached hydrogen (secondary N) is 1. The highest BCUT2D eigenvalue weighted by molar-refractivity contribution is 9.10. The second-order valence-electron chi connectivity index (χ2n) is 6.96. The van der Waals surface area contributed by atoms with Gasteiger partial charge >= 0.3 is 5.91 Å². The Hall–Kier alpha value is -2.18. The number of quaternary nitrogens is 1. The molecule has 134 valence electrons. The summed E-state index contributed by atoms with van der Waals surface area (Å²) in [6.45, 7) is 6.43. The van der Waals surface area contributed by atoms with Crippen LogP contribution in [0.1, 0.15) is 15.9 Å². The van der Waals surface area contributed by atoms with Gasteiger partial charge in [-0.05, 0) is 42.8 Å². The highest BCUT2D eigenvalue weighted by Crippen LogP contribution is 2.30. The number of nitrogens with zero attached hydrogens (tertiary/aromatic N) is 2. The summed E-state index contributed by atoms with van der Waals surface area (Å²) in [6, 6.07) is 14.0. The first-order valence-electron chi connectivity index (χ1n) is 8.84. The van der Waals surface area contributed by atoms with E-state index < -0.39 is 11.7 Å². The second kappa shape index (κ2) is 6.85. The Balaban J connectivity index is 1.44. The largest absolute Gasteiger partial charge is 0.360 e. The Morgan fingerprint density at radius 3 is 2.58 bits per heavy atom. The van der Waals surface area contributed by atoms with Crippen LogP contribution in [0.2, 0.25) is 0 Å². The molecule has 2 heterocycles. The van der Waals surface area contributed by atoms with Gasteiger partial charge in [0, 0.05) is 10.2 Å². The maximum atomic E-state index is 12.4. The van der Waals surface area contributed by atoms with Crippen LogP contribution < -0.4 is 14.7 Å². The average Bonchev–Trinajstić information content (AvgIpc) is 2.87. The Morgan fingerprint density at radius 1 is 1.08 bits per heavy atom. The number of rotatable bonds is 3. The molecule has 2 aromatic rings. The van der Waals surface area contributed by atoms with Crippen molar-refractivity contribution < 1.29 is 14.5 Å². The van der Waals surface area contributed by atoms with E-state index in [1.807, 2.05) is 12.1 Å². The third-order valence-corrected chi connectivity index (χ3v) is 5.65. The third kappa shape index (κ3) is 3.15. The van der Waals surface area contributed by atoms with Crippen molar-refractivity contribution in [2.45, 2.75) is 6.92 Å². The van der Waals surface area contributed by atoms with E-state index in [1.54, 1.807) is 11.0 Å².